The highest BCUT2D eigenvalue weighted by molar-refractivity contribution is 6.64. The van der Waals surface area contributed by atoms with E-state index in [2.05, 4.69) is 9.84 Å². The number of hydrogen-bond donors (Lipinski definition) is 0. The molecule has 19 heavy (non-hydrogen) atoms. The van der Waals surface area contributed by atoms with Crippen molar-refractivity contribution in [1.29, 1.82) is 0 Å². The minimum atomic E-state index is -0.853. The third-order valence-electron chi connectivity index (χ3n) is 2.51. The highest BCUT2D eigenvalue weighted by Crippen LogP contribution is 2.17. The third kappa shape index (κ3) is 2.68. The van der Waals surface area contributed by atoms with Gasteiger partial charge in [0.1, 0.15) is 0 Å². The van der Waals surface area contributed by atoms with Crippen molar-refractivity contribution < 1.29 is 23.9 Å². The van der Waals surface area contributed by atoms with Crippen molar-refractivity contribution in [1.82, 2.24) is 9.91 Å². The number of urea groups is 1. The van der Waals surface area contributed by atoms with Crippen LogP contribution in [0.15, 0.2) is 16.9 Å². The fraction of sp³-hybridized carbons (Fsp3) is 0.400. The van der Waals surface area contributed by atoms with Crippen LogP contribution >= 0.6 is 11.6 Å². The lowest BCUT2D eigenvalue weighted by Gasteiger charge is -2.11. The van der Waals surface area contributed by atoms with Gasteiger partial charge in [0.15, 0.2) is 0 Å². The zero-order chi connectivity index (χ0) is 14.0. The number of imide groups is 1. The van der Waals surface area contributed by atoms with Gasteiger partial charge < -0.3 is 9.47 Å². The number of hydrazone groups is 1. The van der Waals surface area contributed by atoms with E-state index in [9.17, 15) is 14.4 Å². The predicted octanol–water partition coefficient (Wildman–Crippen LogP) is 0.874. The number of ether oxygens (including phenoxy) is 2. The van der Waals surface area contributed by atoms with Gasteiger partial charge in [0.05, 0.1) is 20.2 Å². The summed E-state index contributed by atoms with van der Waals surface area (Å²) in [6, 6.07) is -0.623. The van der Waals surface area contributed by atoms with Crippen molar-refractivity contribution in [3.8, 4) is 0 Å². The minimum absolute atomic E-state index is 0.0261. The Morgan fingerprint density at radius 1 is 1.47 bits per heavy atom. The van der Waals surface area contributed by atoms with Gasteiger partial charge in [-0.3, -0.25) is 4.79 Å². The van der Waals surface area contributed by atoms with Crippen LogP contribution in [0.1, 0.15) is 6.42 Å². The van der Waals surface area contributed by atoms with Gasteiger partial charge in [-0.15, -0.1) is 5.10 Å². The van der Waals surface area contributed by atoms with E-state index in [4.69, 9.17) is 16.3 Å². The molecular weight excluding hydrogens is 278 g/mol. The highest BCUT2D eigenvalue weighted by atomic mass is 35.5. The molecule has 0 atom stereocenters. The fourth-order valence-electron chi connectivity index (χ4n) is 1.59. The second kappa shape index (κ2) is 5.27. The SMILES string of the molecule is COC(=O)C1=CCC(=NN2CCN(C(=O)Cl)C2=O)O1. The first kappa shape index (κ1) is 13.3. The van der Waals surface area contributed by atoms with Crippen LogP contribution in [-0.4, -0.2) is 53.4 Å². The van der Waals surface area contributed by atoms with E-state index in [1.807, 2.05) is 0 Å². The lowest BCUT2D eigenvalue weighted by Crippen LogP contribution is -2.31. The number of nitrogens with zero attached hydrogens (tertiary/aromatic N) is 3. The summed E-state index contributed by atoms with van der Waals surface area (Å²) in [6.07, 6.45) is 1.76. The summed E-state index contributed by atoms with van der Waals surface area (Å²) in [4.78, 5) is 34.6. The van der Waals surface area contributed by atoms with Gasteiger partial charge in [-0.1, -0.05) is 0 Å². The van der Waals surface area contributed by atoms with Gasteiger partial charge in [-0.2, -0.15) is 0 Å². The van der Waals surface area contributed by atoms with E-state index in [0.717, 1.165) is 9.91 Å². The maximum atomic E-state index is 11.7. The van der Waals surface area contributed by atoms with E-state index in [1.54, 1.807) is 0 Å². The molecule has 2 rings (SSSR count). The average Bonchev–Trinajstić information content (AvgIpc) is 2.97. The second-order valence-electron chi connectivity index (χ2n) is 3.67. The highest BCUT2D eigenvalue weighted by Gasteiger charge is 2.33. The average molecular weight is 288 g/mol. The van der Waals surface area contributed by atoms with E-state index >= 15 is 0 Å². The van der Waals surface area contributed by atoms with Crippen molar-refractivity contribution in [2.75, 3.05) is 20.2 Å². The van der Waals surface area contributed by atoms with Crippen LogP contribution in [0.3, 0.4) is 0 Å². The molecule has 0 radical (unpaired) electrons. The summed E-state index contributed by atoms with van der Waals surface area (Å²) < 4.78 is 9.61. The molecule has 0 aromatic heterocycles. The number of carbonyl (C=O) groups is 3. The Hall–Kier alpha value is -2.09. The predicted molar refractivity (Wildman–Crippen MR) is 63.3 cm³/mol. The summed E-state index contributed by atoms with van der Waals surface area (Å²) in [5.74, 6) is -0.411. The van der Waals surface area contributed by atoms with Crippen molar-refractivity contribution in [2.24, 2.45) is 5.10 Å². The largest absolute Gasteiger partial charge is 0.463 e. The van der Waals surface area contributed by atoms with Gasteiger partial charge >= 0.3 is 17.4 Å². The third-order valence-corrected chi connectivity index (χ3v) is 2.71. The summed E-state index contributed by atoms with van der Waals surface area (Å²) in [5, 5.41) is 4.13. The number of methoxy groups -OCH3 is 1. The van der Waals surface area contributed by atoms with Crippen LogP contribution < -0.4 is 0 Å². The van der Waals surface area contributed by atoms with Crippen LogP contribution in [0.5, 0.6) is 0 Å². The Balaban J connectivity index is 2.00. The number of halogens is 1. The number of carbonyl (C=O) groups excluding carboxylic acids is 3. The zero-order valence-electron chi connectivity index (χ0n) is 9.96. The Morgan fingerprint density at radius 3 is 2.79 bits per heavy atom. The molecule has 9 heteroatoms. The molecule has 2 heterocycles. The molecule has 2 aliphatic rings. The molecule has 1 saturated heterocycles. The van der Waals surface area contributed by atoms with Crippen molar-refractivity contribution in [3.63, 3.8) is 0 Å². The minimum Gasteiger partial charge on any atom is -0.463 e. The van der Waals surface area contributed by atoms with Crippen LogP contribution in [0.2, 0.25) is 0 Å². The van der Waals surface area contributed by atoms with Gasteiger partial charge in [0.25, 0.3) is 0 Å². The molecule has 3 amide bonds. The van der Waals surface area contributed by atoms with Crippen LogP contribution in [0, 0.1) is 0 Å². The van der Waals surface area contributed by atoms with Crippen molar-refractivity contribution in [3.05, 3.63) is 11.8 Å². The molecule has 8 nitrogen and oxygen atoms in total. The maximum absolute atomic E-state index is 11.7. The first-order valence-corrected chi connectivity index (χ1v) is 5.73. The second-order valence-corrected chi connectivity index (χ2v) is 3.99. The standard InChI is InChI=1S/C10H10ClN3O5/c1-18-8(15)6-2-3-7(19-6)12-14-5-4-13(9(11)16)10(14)17/h2H,3-5H2,1H3. The molecule has 0 aromatic carbocycles. The Kier molecular flexibility index (Phi) is 3.70. The molecule has 2 aliphatic heterocycles. The van der Waals surface area contributed by atoms with Gasteiger partial charge in [0, 0.05) is 6.42 Å². The molecule has 0 aromatic rings. The smallest absolute Gasteiger partial charge is 0.373 e. The van der Waals surface area contributed by atoms with Gasteiger partial charge in [-0.05, 0) is 17.7 Å². The zero-order valence-corrected chi connectivity index (χ0v) is 10.7. The van der Waals surface area contributed by atoms with E-state index < -0.39 is 17.4 Å². The quantitative estimate of drug-likeness (QED) is 0.427. The van der Waals surface area contributed by atoms with Crippen molar-refractivity contribution >= 4 is 34.9 Å². The fourth-order valence-corrected chi connectivity index (χ4v) is 1.75. The van der Waals surface area contributed by atoms with Crippen LogP contribution in [0.25, 0.3) is 0 Å². The topological polar surface area (TPSA) is 88.5 Å². The molecule has 0 spiro atoms. The maximum Gasteiger partial charge on any atom is 0.373 e. The van der Waals surface area contributed by atoms with Gasteiger partial charge in [-0.25, -0.2) is 19.5 Å². The summed E-state index contributed by atoms with van der Waals surface area (Å²) >= 11 is 5.23. The first-order valence-electron chi connectivity index (χ1n) is 5.35. The monoisotopic (exact) mass is 287 g/mol. The van der Waals surface area contributed by atoms with Gasteiger partial charge in [0.2, 0.25) is 11.7 Å². The molecule has 0 N–H and O–H groups in total. The van der Waals surface area contributed by atoms with Crippen LogP contribution in [-0.2, 0) is 14.3 Å². The lowest BCUT2D eigenvalue weighted by molar-refractivity contribution is -0.138. The molecule has 0 saturated carbocycles. The molecule has 102 valence electrons. The normalized spacial score (nSPS) is 20.6. The first-order chi connectivity index (χ1) is 9.02. The van der Waals surface area contributed by atoms with Crippen molar-refractivity contribution in [2.45, 2.75) is 6.42 Å². The lowest BCUT2D eigenvalue weighted by atomic mass is 10.4. The number of amides is 3. The molecule has 0 aliphatic carbocycles. The Labute approximate surface area is 113 Å². The Morgan fingerprint density at radius 2 is 2.21 bits per heavy atom. The van der Waals surface area contributed by atoms with E-state index in [-0.39, 0.29) is 31.2 Å². The number of hydrogen-bond acceptors (Lipinski definition) is 6. The summed E-state index contributed by atoms with van der Waals surface area (Å²) in [5.41, 5.74) is 0. The molecule has 0 unspecified atom stereocenters. The number of esters is 1. The Bertz CT molecular complexity index is 501. The summed E-state index contributed by atoms with van der Waals surface area (Å²) in [7, 11) is 1.23. The summed E-state index contributed by atoms with van der Waals surface area (Å²) in [6.45, 7) is 0.382. The van der Waals surface area contributed by atoms with Crippen LogP contribution in [0.4, 0.5) is 9.59 Å². The molecule has 1 fully saturated rings. The molecular formula is C10H10ClN3O5. The van der Waals surface area contributed by atoms with E-state index in [0.29, 0.717) is 0 Å². The van der Waals surface area contributed by atoms with E-state index in [1.165, 1.54) is 13.2 Å². The number of rotatable bonds is 2. The molecule has 0 bridgehead atoms.